The van der Waals surface area contributed by atoms with Crippen molar-refractivity contribution in [3.05, 3.63) is 95.1 Å². The van der Waals surface area contributed by atoms with Gasteiger partial charge >= 0.3 is 5.97 Å². The largest absolute Gasteiger partial charge is 0.493 e. The van der Waals surface area contributed by atoms with Gasteiger partial charge in [0.15, 0.2) is 23.0 Å². The van der Waals surface area contributed by atoms with Crippen molar-refractivity contribution in [2.45, 2.75) is 13.5 Å². The van der Waals surface area contributed by atoms with Crippen LogP contribution in [0.3, 0.4) is 0 Å². The van der Waals surface area contributed by atoms with Crippen molar-refractivity contribution in [3.8, 4) is 29.1 Å². The van der Waals surface area contributed by atoms with Crippen LogP contribution < -0.4 is 18.9 Å². The van der Waals surface area contributed by atoms with Gasteiger partial charge in [-0.2, -0.15) is 5.26 Å². The van der Waals surface area contributed by atoms with Crippen LogP contribution in [0, 0.1) is 18.3 Å². The van der Waals surface area contributed by atoms with Crippen LogP contribution in [0.25, 0.3) is 12.2 Å². The van der Waals surface area contributed by atoms with E-state index in [2.05, 4.69) is 0 Å². The molecule has 0 aliphatic rings. The molecule has 6 nitrogen and oxygen atoms in total. The Morgan fingerprint density at radius 3 is 2.21 bits per heavy atom. The number of ether oxygens (including phenoxy) is 4. The monoisotopic (exact) mass is 455 g/mol. The molecule has 0 N–H and O–H groups in total. The minimum absolute atomic E-state index is 0.281. The minimum atomic E-state index is -0.558. The highest BCUT2D eigenvalue weighted by Crippen LogP contribution is 2.30. The highest BCUT2D eigenvalue weighted by molar-refractivity contribution is 5.89. The molecule has 0 heterocycles. The van der Waals surface area contributed by atoms with Gasteiger partial charge in [-0.3, -0.25) is 0 Å². The molecule has 6 heteroatoms. The van der Waals surface area contributed by atoms with Crippen LogP contribution in [0.2, 0.25) is 0 Å². The SMILES string of the molecule is COc1cc(/C=C/C(=O)Oc2ccc(/C=C\C#N)cc2OC)ccc1OCc1ccccc1C. The van der Waals surface area contributed by atoms with E-state index in [0.717, 1.165) is 22.3 Å². The molecule has 0 aliphatic carbocycles. The van der Waals surface area contributed by atoms with Gasteiger partial charge in [0.25, 0.3) is 0 Å². The predicted molar refractivity (Wildman–Crippen MR) is 131 cm³/mol. The summed E-state index contributed by atoms with van der Waals surface area (Å²) in [4.78, 5) is 12.3. The molecule has 34 heavy (non-hydrogen) atoms. The van der Waals surface area contributed by atoms with E-state index in [1.54, 1.807) is 49.6 Å². The Morgan fingerprint density at radius 1 is 0.882 bits per heavy atom. The molecule has 0 unspecified atom stereocenters. The van der Waals surface area contributed by atoms with Gasteiger partial charge in [-0.15, -0.1) is 0 Å². The van der Waals surface area contributed by atoms with Crippen LogP contribution in [-0.4, -0.2) is 20.2 Å². The van der Waals surface area contributed by atoms with Gasteiger partial charge in [-0.25, -0.2) is 4.79 Å². The van der Waals surface area contributed by atoms with Crippen LogP contribution in [0.1, 0.15) is 22.3 Å². The first-order valence-electron chi connectivity index (χ1n) is 10.5. The third-order valence-corrected chi connectivity index (χ3v) is 4.99. The number of carbonyl (C=O) groups is 1. The zero-order valence-electron chi connectivity index (χ0n) is 19.3. The Labute approximate surface area is 199 Å². The number of esters is 1. The van der Waals surface area contributed by atoms with Crippen LogP contribution >= 0.6 is 0 Å². The van der Waals surface area contributed by atoms with Crippen LogP contribution in [-0.2, 0) is 11.4 Å². The normalized spacial score (nSPS) is 10.8. The average Bonchev–Trinajstić information content (AvgIpc) is 2.86. The lowest BCUT2D eigenvalue weighted by Gasteiger charge is -2.12. The highest BCUT2D eigenvalue weighted by atomic mass is 16.6. The maximum Gasteiger partial charge on any atom is 0.336 e. The van der Waals surface area contributed by atoms with Crippen molar-refractivity contribution in [1.82, 2.24) is 0 Å². The standard InChI is InChI=1S/C28H25NO5/c1-20-7-4-5-9-23(20)19-33-24-13-10-22(18-26(24)31-2)12-15-28(30)34-25-14-11-21(8-6-16-29)17-27(25)32-3/h4-15,17-18H,19H2,1-3H3/b8-6-,15-12+. The second-order valence-corrected chi connectivity index (χ2v) is 7.25. The molecule has 3 aromatic carbocycles. The maximum atomic E-state index is 12.3. The molecule has 0 aliphatic heterocycles. The summed E-state index contributed by atoms with van der Waals surface area (Å²) in [5.74, 6) is 1.28. The number of nitriles is 1. The summed E-state index contributed by atoms with van der Waals surface area (Å²) in [6.07, 6.45) is 5.95. The number of hydrogen-bond acceptors (Lipinski definition) is 6. The topological polar surface area (TPSA) is 77.8 Å². The lowest BCUT2D eigenvalue weighted by molar-refractivity contribution is -0.129. The van der Waals surface area contributed by atoms with Gasteiger partial charge in [-0.05, 0) is 65.6 Å². The molecule has 3 rings (SSSR count). The number of benzene rings is 3. The third kappa shape index (κ3) is 6.50. The average molecular weight is 456 g/mol. The molecule has 0 bridgehead atoms. The Kier molecular flexibility index (Phi) is 8.48. The van der Waals surface area contributed by atoms with Crippen LogP contribution in [0.4, 0.5) is 0 Å². The van der Waals surface area contributed by atoms with Gasteiger partial charge < -0.3 is 18.9 Å². The quantitative estimate of drug-likeness (QED) is 0.177. The van der Waals surface area contributed by atoms with Gasteiger partial charge in [0.1, 0.15) is 6.61 Å². The van der Waals surface area contributed by atoms with E-state index >= 15 is 0 Å². The van der Waals surface area contributed by atoms with Crippen molar-refractivity contribution < 1.29 is 23.7 Å². The van der Waals surface area contributed by atoms with E-state index in [9.17, 15) is 4.79 Å². The summed E-state index contributed by atoms with van der Waals surface area (Å²) in [6.45, 7) is 2.47. The Morgan fingerprint density at radius 2 is 1.53 bits per heavy atom. The highest BCUT2D eigenvalue weighted by Gasteiger charge is 2.10. The van der Waals surface area contributed by atoms with E-state index in [1.807, 2.05) is 43.3 Å². The van der Waals surface area contributed by atoms with Crippen molar-refractivity contribution in [2.24, 2.45) is 0 Å². The van der Waals surface area contributed by atoms with Crippen LogP contribution in [0.15, 0.2) is 72.8 Å². The summed E-state index contributed by atoms with van der Waals surface area (Å²) in [5, 5.41) is 8.65. The first-order valence-corrected chi connectivity index (χ1v) is 10.5. The van der Waals surface area contributed by atoms with E-state index in [1.165, 1.54) is 19.3 Å². The molecule has 0 fully saturated rings. The second kappa shape index (κ2) is 11.9. The fraction of sp³-hybridized carbons (Fsp3) is 0.143. The maximum absolute atomic E-state index is 12.3. The number of allylic oxidation sites excluding steroid dienone is 1. The van der Waals surface area contributed by atoms with Gasteiger partial charge in [0.2, 0.25) is 0 Å². The fourth-order valence-corrected chi connectivity index (χ4v) is 3.15. The summed E-state index contributed by atoms with van der Waals surface area (Å²) >= 11 is 0. The van der Waals surface area contributed by atoms with Gasteiger partial charge in [0, 0.05) is 12.2 Å². The Hall–Kier alpha value is -4.50. The number of methoxy groups -OCH3 is 2. The van der Waals surface area contributed by atoms with Crippen molar-refractivity contribution in [2.75, 3.05) is 14.2 Å². The molecule has 0 aromatic heterocycles. The summed E-state index contributed by atoms with van der Waals surface area (Å²) in [5.41, 5.74) is 3.76. The van der Waals surface area contributed by atoms with Gasteiger partial charge in [0.05, 0.1) is 20.3 Å². The number of hydrogen-bond donors (Lipinski definition) is 0. The van der Waals surface area contributed by atoms with E-state index < -0.39 is 5.97 Å². The molecule has 3 aromatic rings. The summed E-state index contributed by atoms with van der Waals surface area (Å²) in [6, 6.07) is 20.4. The molecule has 172 valence electrons. The zero-order chi connectivity index (χ0) is 24.3. The Bertz CT molecular complexity index is 1250. The third-order valence-electron chi connectivity index (χ3n) is 4.99. The lowest BCUT2D eigenvalue weighted by atomic mass is 10.1. The minimum Gasteiger partial charge on any atom is -0.493 e. The molecular formula is C28H25NO5. The number of carbonyl (C=O) groups excluding carboxylic acids is 1. The second-order valence-electron chi connectivity index (χ2n) is 7.25. The molecule has 0 spiro atoms. The summed E-state index contributed by atoms with van der Waals surface area (Å²) < 4.78 is 22.1. The van der Waals surface area contributed by atoms with E-state index in [0.29, 0.717) is 23.9 Å². The predicted octanol–water partition coefficient (Wildman–Crippen LogP) is 5.75. The molecule has 0 saturated heterocycles. The van der Waals surface area contributed by atoms with Crippen molar-refractivity contribution in [3.63, 3.8) is 0 Å². The van der Waals surface area contributed by atoms with E-state index in [4.69, 9.17) is 24.2 Å². The first kappa shape index (κ1) is 24.1. The van der Waals surface area contributed by atoms with Crippen molar-refractivity contribution in [1.29, 1.82) is 5.26 Å². The molecule has 0 amide bonds. The number of aryl methyl sites for hydroxylation is 1. The molecule has 0 atom stereocenters. The lowest BCUT2D eigenvalue weighted by Crippen LogP contribution is -2.05. The Balaban J connectivity index is 1.67. The van der Waals surface area contributed by atoms with Crippen LogP contribution in [0.5, 0.6) is 23.0 Å². The van der Waals surface area contributed by atoms with E-state index in [-0.39, 0.29) is 5.75 Å². The zero-order valence-corrected chi connectivity index (χ0v) is 19.3. The number of nitrogens with zero attached hydrogens (tertiary/aromatic N) is 1. The number of rotatable bonds is 9. The van der Waals surface area contributed by atoms with Gasteiger partial charge in [-0.1, -0.05) is 36.4 Å². The molecule has 0 saturated carbocycles. The first-order chi connectivity index (χ1) is 16.5. The molecule has 0 radical (unpaired) electrons. The fourth-order valence-electron chi connectivity index (χ4n) is 3.15. The summed E-state index contributed by atoms with van der Waals surface area (Å²) in [7, 11) is 3.05. The smallest absolute Gasteiger partial charge is 0.336 e. The van der Waals surface area contributed by atoms with Crippen molar-refractivity contribution >= 4 is 18.1 Å². The molecular weight excluding hydrogens is 430 g/mol.